The number of rotatable bonds is 7. The van der Waals surface area contributed by atoms with Gasteiger partial charge in [0.1, 0.15) is 6.04 Å². The van der Waals surface area contributed by atoms with Crippen molar-refractivity contribution in [3.63, 3.8) is 0 Å². The first-order valence-corrected chi connectivity index (χ1v) is 8.40. The first-order valence-electron chi connectivity index (χ1n) is 8.40. The number of piperidine rings is 1. The average molecular weight is 321 g/mol. The van der Waals surface area contributed by atoms with Gasteiger partial charge in [0.2, 0.25) is 0 Å². The fourth-order valence-electron chi connectivity index (χ4n) is 3.01. The van der Waals surface area contributed by atoms with Crippen LogP contribution in [0, 0.1) is 0 Å². The second-order valence-corrected chi connectivity index (χ2v) is 5.65. The molecular formula is C18H27NO4. The third-order valence-electron chi connectivity index (χ3n) is 4.09. The van der Waals surface area contributed by atoms with Gasteiger partial charge in [-0.2, -0.15) is 0 Å². The van der Waals surface area contributed by atoms with Gasteiger partial charge in [-0.05, 0) is 50.9 Å². The molecule has 0 spiro atoms. The van der Waals surface area contributed by atoms with E-state index in [1.807, 2.05) is 32.0 Å². The summed E-state index contributed by atoms with van der Waals surface area (Å²) in [6, 6.07) is 5.81. The van der Waals surface area contributed by atoms with E-state index in [9.17, 15) is 4.79 Å². The van der Waals surface area contributed by atoms with Crippen LogP contribution in [0.3, 0.4) is 0 Å². The highest BCUT2D eigenvalue weighted by Crippen LogP contribution is 2.29. The summed E-state index contributed by atoms with van der Waals surface area (Å²) in [5.74, 6) is 1.37. The minimum atomic E-state index is -0.138. The average Bonchev–Trinajstić information content (AvgIpc) is 2.56. The van der Waals surface area contributed by atoms with E-state index >= 15 is 0 Å². The van der Waals surface area contributed by atoms with Gasteiger partial charge in [-0.1, -0.05) is 12.5 Å². The predicted molar refractivity (Wildman–Crippen MR) is 88.8 cm³/mol. The Bertz CT molecular complexity index is 518. The van der Waals surface area contributed by atoms with Crippen LogP contribution in [-0.2, 0) is 16.1 Å². The smallest absolute Gasteiger partial charge is 0.323 e. The summed E-state index contributed by atoms with van der Waals surface area (Å²) >= 11 is 0. The standard InChI is InChI=1S/C18H27NO4/c1-4-22-17-12-14(9-10-16(17)21-3)13-19-11-7-6-8-15(19)18(20)23-5-2/h9-10,12,15H,4-8,11,13H2,1-3H3. The second-order valence-electron chi connectivity index (χ2n) is 5.65. The predicted octanol–water partition coefficient (Wildman–Crippen LogP) is 3.01. The van der Waals surface area contributed by atoms with Crippen LogP contribution in [0.25, 0.3) is 0 Å². The molecule has 1 unspecified atom stereocenters. The number of esters is 1. The Hall–Kier alpha value is -1.75. The third kappa shape index (κ3) is 4.61. The lowest BCUT2D eigenvalue weighted by molar-refractivity contribution is -0.151. The van der Waals surface area contributed by atoms with E-state index < -0.39 is 0 Å². The molecule has 0 N–H and O–H groups in total. The Kier molecular flexibility index (Phi) is 6.71. The SMILES string of the molecule is CCOC(=O)C1CCCCN1Cc1ccc(OC)c(OCC)c1. The zero-order valence-corrected chi connectivity index (χ0v) is 14.3. The first kappa shape index (κ1) is 17.6. The van der Waals surface area contributed by atoms with Gasteiger partial charge in [-0.15, -0.1) is 0 Å². The van der Waals surface area contributed by atoms with Crippen molar-refractivity contribution < 1.29 is 19.0 Å². The molecule has 128 valence electrons. The zero-order valence-electron chi connectivity index (χ0n) is 14.3. The largest absolute Gasteiger partial charge is 0.493 e. The summed E-state index contributed by atoms with van der Waals surface area (Å²) in [7, 11) is 1.64. The molecule has 0 bridgehead atoms. The van der Waals surface area contributed by atoms with Crippen LogP contribution >= 0.6 is 0 Å². The molecule has 5 nitrogen and oxygen atoms in total. The van der Waals surface area contributed by atoms with Gasteiger partial charge in [0, 0.05) is 6.54 Å². The molecule has 23 heavy (non-hydrogen) atoms. The van der Waals surface area contributed by atoms with Gasteiger partial charge in [0.15, 0.2) is 11.5 Å². The maximum atomic E-state index is 12.2. The highest BCUT2D eigenvalue weighted by molar-refractivity contribution is 5.75. The van der Waals surface area contributed by atoms with Crippen molar-refractivity contribution in [2.45, 2.75) is 45.7 Å². The van der Waals surface area contributed by atoms with E-state index in [4.69, 9.17) is 14.2 Å². The van der Waals surface area contributed by atoms with Crippen molar-refractivity contribution in [2.24, 2.45) is 0 Å². The topological polar surface area (TPSA) is 48.0 Å². The molecule has 1 atom stereocenters. The number of benzene rings is 1. The number of carbonyl (C=O) groups excluding carboxylic acids is 1. The number of hydrogen-bond acceptors (Lipinski definition) is 5. The van der Waals surface area contributed by atoms with E-state index in [-0.39, 0.29) is 12.0 Å². The molecule has 0 saturated carbocycles. The number of ether oxygens (including phenoxy) is 3. The fourth-order valence-corrected chi connectivity index (χ4v) is 3.01. The molecule has 1 aromatic rings. The molecule has 5 heteroatoms. The molecule has 2 rings (SSSR count). The number of carbonyl (C=O) groups is 1. The van der Waals surface area contributed by atoms with Crippen molar-refractivity contribution in [1.29, 1.82) is 0 Å². The molecule has 1 saturated heterocycles. The third-order valence-corrected chi connectivity index (χ3v) is 4.09. The summed E-state index contributed by atoms with van der Waals surface area (Å²) in [5.41, 5.74) is 1.12. The molecule has 1 heterocycles. The monoisotopic (exact) mass is 321 g/mol. The second kappa shape index (κ2) is 8.77. The minimum absolute atomic E-state index is 0.106. The van der Waals surface area contributed by atoms with Crippen molar-refractivity contribution in [3.8, 4) is 11.5 Å². The molecule has 1 aliphatic rings. The van der Waals surface area contributed by atoms with Gasteiger partial charge in [0.05, 0.1) is 20.3 Å². The Morgan fingerprint density at radius 3 is 2.74 bits per heavy atom. The van der Waals surface area contributed by atoms with E-state index in [1.54, 1.807) is 7.11 Å². The van der Waals surface area contributed by atoms with E-state index in [0.29, 0.717) is 19.8 Å². The van der Waals surface area contributed by atoms with E-state index in [1.165, 1.54) is 0 Å². The molecular weight excluding hydrogens is 294 g/mol. The Morgan fingerprint density at radius 1 is 1.22 bits per heavy atom. The normalized spacial score (nSPS) is 18.5. The Morgan fingerprint density at radius 2 is 2.04 bits per heavy atom. The van der Waals surface area contributed by atoms with Gasteiger partial charge < -0.3 is 14.2 Å². The maximum absolute atomic E-state index is 12.2. The van der Waals surface area contributed by atoms with Gasteiger partial charge in [-0.3, -0.25) is 9.69 Å². The maximum Gasteiger partial charge on any atom is 0.323 e. The summed E-state index contributed by atoms with van der Waals surface area (Å²) in [6.45, 7) is 6.46. The highest BCUT2D eigenvalue weighted by atomic mass is 16.5. The number of nitrogens with zero attached hydrogens (tertiary/aromatic N) is 1. The van der Waals surface area contributed by atoms with E-state index in [2.05, 4.69) is 4.90 Å². The van der Waals surface area contributed by atoms with Gasteiger partial charge in [-0.25, -0.2) is 0 Å². The molecule has 0 aliphatic carbocycles. The van der Waals surface area contributed by atoms with Gasteiger partial charge >= 0.3 is 5.97 Å². The fraction of sp³-hybridized carbons (Fsp3) is 0.611. The highest BCUT2D eigenvalue weighted by Gasteiger charge is 2.29. The lowest BCUT2D eigenvalue weighted by Gasteiger charge is -2.34. The van der Waals surface area contributed by atoms with E-state index in [0.717, 1.165) is 42.9 Å². The van der Waals surface area contributed by atoms with Crippen molar-refractivity contribution in [1.82, 2.24) is 4.90 Å². The molecule has 0 aromatic heterocycles. The van der Waals surface area contributed by atoms with Crippen molar-refractivity contribution in [2.75, 3.05) is 26.9 Å². The zero-order chi connectivity index (χ0) is 16.7. The van der Waals surface area contributed by atoms with Crippen LogP contribution in [0.15, 0.2) is 18.2 Å². The van der Waals surface area contributed by atoms with Crippen molar-refractivity contribution >= 4 is 5.97 Å². The van der Waals surface area contributed by atoms with Crippen LogP contribution in [0.2, 0.25) is 0 Å². The van der Waals surface area contributed by atoms with Crippen LogP contribution < -0.4 is 9.47 Å². The quantitative estimate of drug-likeness (QED) is 0.723. The molecule has 0 amide bonds. The lowest BCUT2D eigenvalue weighted by atomic mass is 10.0. The number of methoxy groups -OCH3 is 1. The Balaban J connectivity index is 2.12. The summed E-state index contributed by atoms with van der Waals surface area (Å²) in [4.78, 5) is 14.4. The summed E-state index contributed by atoms with van der Waals surface area (Å²) < 4.78 is 16.2. The summed E-state index contributed by atoms with van der Waals surface area (Å²) in [5, 5.41) is 0. The number of likely N-dealkylation sites (tertiary alicyclic amines) is 1. The van der Waals surface area contributed by atoms with Gasteiger partial charge in [0.25, 0.3) is 0 Å². The lowest BCUT2D eigenvalue weighted by Crippen LogP contribution is -2.44. The molecule has 1 fully saturated rings. The minimum Gasteiger partial charge on any atom is -0.493 e. The number of hydrogen-bond donors (Lipinski definition) is 0. The molecule has 1 aliphatic heterocycles. The van der Waals surface area contributed by atoms with Crippen LogP contribution in [0.5, 0.6) is 11.5 Å². The molecule has 0 radical (unpaired) electrons. The van der Waals surface area contributed by atoms with Crippen molar-refractivity contribution in [3.05, 3.63) is 23.8 Å². The first-order chi connectivity index (χ1) is 11.2. The van der Waals surface area contributed by atoms with Crippen LogP contribution in [0.1, 0.15) is 38.7 Å². The van der Waals surface area contributed by atoms with Crippen LogP contribution in [-0.4, -0.2) is 43.8 Å². The van der Waals surface area contributed by atoms with Crippen LogP contribution in [0.4, 0.5) is 0 Å². The summed E-state index contributed by atoms with van der Waals surface area (Å²) in [6.07, 6.45) is 3.06. The molecule has 1 aromatic carbocycles. The Labute approximate surface area is 138 Å².